The van der Waals surface area contributed by atoms with Gasteiger partial charge >= 0.3 is 0 Å². The first-order valence-electron chi connectivity index (χ1n) is 7.88. The number of amides is 1. The van der Waals surface area contributed by atoms with Gasteiger partial charge in [-0.25, -0.2) is 8.42 Å². The van der Waals surface area contributed by atoms with E-state index >= 15 is 0 Å². The lowest BCUT2D eigenvalue weighted by Crippen LogP contribution is -2.54. The summed E-state index contributed by atoms with van der Waals surface area (Å²) in [5.74, 6) is 0.0909. The molecule has 1 saturated carbocycles. The van der Waals surface area contributed by atoms with Crippen LogP contribution < -0.4 is 4.72 Å². The minimum atomic E-state index is -3.53. The normalized spacial score (nSPS) is 25.1. The van der Waals surface area contributed by atoms with Crippen molar-refractivity contribution in [2.24, 2.45) is 5.92 Å². The van der Waals surface area contributed by atoms with E-state index in [1.165, 1.54) is 12.8 Å². The molecule has 2 fully saturated rings. The van der Waals surface area contributed by atoms with Gasteiger partial charge in [0, 0.05) is 6.54 Å². The predicted octanol–water partition coefficient (Wildman–Crippen LogP) is 0.733. The van der Waals surface area contributed by atoms with Crippen molar-refractivity contribution in [1.82, 2.24) is 9.62 Å². The number of carbonyl (C=O) groups is 1. The van der Waals surface area contributed by atoms with Gasteiger partial charge in [0.2, 0.25) is 10.0 Å². The van der Waals surface area contributed by atoms with Gasteiger partial charge in [0.25, 0.3) is 5.91 Å². The number of sulfonamides is 1. The van der Waals surface area contributed by atoms with Crippen molar-refractivity contribution in [3.8, 4) is 0 Å². The topological polar surface area (TPSA) is 75.7 Å². The van der Waals surface area contributed by atoms with Gasteiger partial charge in [-0.2, -0.15) is 0 Å². The van der Waals surface area contributed by atoms with E-state index in [1.807, 2.05) is 11.8 Å². The van der Waals surface area contributed by atoms with Crippen LogP contribution >= 0.6 is 0 Å². The number of hydrogen-bond acceptors (Lipinski definition) is 5. The molecule has 0 aromatic carbocycles. The van der Waals surface area contributed by atoms with Gasteiger partial charge in [-0.05, 0) is 18.9 Å². The van der Waals surface area contributed by atoms with E-state index in [1.54, 1.807) is 0 Å². The van der Waals surface area contributed by atoms with Crippen molar-refractivity contribution in [2.75, 3.05) is 32.1 Å². The highest BCUT2D eigenvalue weighted by Gasteiger charge is 2.31. The van der Waals surface area contributed by atoms with Gasteiger partial charge in [-0.15, -0.1) is 0 Å². The standard InChI is InChI=1S/C14H26N2O4S/c1-2-16-8-9-20-11-13(16)14(17)15-21(18,19)10-7-12-5-3-4-6-12/h12-13H,2-11H2,1H3,(H,15,17). The zero-order valence-corrected chi connectivity index (χ0v) is 13.5. The summed E-state index contributed by atoms with van der Waals surface area (Å²) in [5.41, 5.74) is 0. The number of nitrogens with one attached hydrogen (secondary N) is 1. The third-order valence-corrected chi connectivity index (χ3v) is 5.76. The highest BCUT2D eigenvalue weighted by Crippen LogP contribution is 2.27. The summed E-state index contributed by atoms with van der Waals surface area (Å²) in [5, 5.41) is 0. The summed E-state index contributed by atoms with van der Waals surface area (Å²) in [6, 6.07) is -0.495. The SMILES string of the molecule is CCN1CCOCC1C(=O)NS(=O)(=O)CCC1CCCC1. The predicted molar refractivity (Wildman–Crippen MR) is 80.4 cm³/mol. The second-order valence-corrected chi connectivity index (χ2v) is 7.79. The van der Waals surface area contributed by atoms with Crippen LogP contribution in [0, 0.1) is 5.92 Å². The van der Waals surface area contributed by atoms with Crippen LogP contribution in [-0.2, 0) is 19.6 Å². The van der Waals surface area contributed by atoms with E-state index in [4.69, 9.17) is 4.74 Å². The van der Waals surface area contributed by atoms with E-state index in [9.17, 15) is 13.2 Å². The fraction of sp³-hybridized carbons (Fsp3) is 0.929. The lowest BCUT2D eigenvalue weighted by molar-refractivity contribution is -0.130. The summed E-state index contributed by atoms with van der Waals surface area (Å²) in [4.78, 5) is 14.1. The Labute approximate surface area is 127 Å². The smallest absolute Gasteiger partial charge is 0.253 e. The molecule has 2 rings (SSSR count). The fourth-order valence-corrected chi connectivity index (χ4v) is 4.34. The number of rotatable bonds is 6. The van der Waals surface area contributed by atoms with Crippen molar-refractivity contribution in [3.63, 3.8) is 0 Å². The summed E-state index contributed by atoms with van der Waals surface area (Å²) in [7, 11) is -3.53. The fourth-order valence-electron chi connectivity index (χ4n) is 3.15. The third kappa shape index (κ3) is 4.93. The average Bonchev–Trinajstić information content (AvgIpc) is 2.98. The monoisotopic (exact) mass is 318 g/mol. The summed E-state index contributed by atoms with van der Waals surface area (Å²) >= 11 is 0. The van der Waals surface area contributed by atoms with Gasteiger partial charge in [-0.3, -0.25) is 14.4 Å². The first-order chi connectivity index (χ1) is 10.0. The Morgan fingerprint density at radius 1 is 1.33 bits per heavy atom. The Morgan fingerprint density at radius 3 is 2.71 bits per heavy atom. The lowest BCUT2D eigenvalue weighted by Gasteiger charge is -2.33. The Bertz CT molecular complexity index is 446. The van der Waals surface area contributed by atoms with Gasteiger partial charge in [0.05, 0.1) is 19.0 Å². The number of hydrogen-bond donors (Lipinski definition) is 1. The molecule has 0 bridgehead atoms. The molecule has 1 amide bonds. The molecule has 1 atom stereocenters. The van der Waals surface area contributed by atoms with Crippen LogP contribution in [0.25, 0.3) is 0 Å². The largest absolute Gasteiger partial charge is 0.378 e. The van der Waals surface area contributed by atoms with Crippen LogP contribution in [0.5, 0.6) is 0 Å². The zero-order valence-electron chi connectivity index (χ0n) is 12.7. The average molecular weight is 318 g/mol. The summed E-state index contributed by atoms with van der Waals surface area (Å²) < 4.78 is 31.6. The van der Waals surface area contributed by atoms with Crippen LogP contribution in [0.4, 0.5) is 0 Å². The summed E-state index contributed by atoms with van der Waals surface area (Å²) in [6.07, 6.45) is 5.28. The molecule has 2 aliphatic rings. The molecule has 0 aromatic rings. The quantitative estimate of drug-likeness (QED) is 0.781. The third-order valence-electron chi connectivity index (χ3n) is 4.47. The lowest BCUT2D eigenvalue weighted by atomic mass is 10.1. The first kappa shape index (κ1) is 16.7. The molecule has 1 heterocycles. The highest BCUT2D eigenvalue weighted by atomic mass is 32.2. The molecule has 1 aliphatic heterocycles. The number of likely N-dealkylation sites (N-methyl/N-ethyl adjacent to an activating group) is 1. The van der Waals surface area contributed by atoms with E-state index in [0.717, 1.165) is 12.8 Å². The van der Waals surface area contributed by atoms with Crippen LogP contribution in [-0.4, -0.2) is 57.3 Å². The minimum Gasteiger partial charge on any atom is -0.378 e. The van der Waals surface area contributed by atoms with Gasteiger partial charge in [0.15, 0.2) is 0 Å². The zero-order chi connectivity index (χ0) is 15.3. The van der Waals surface area contributed by atoms with E-state index < -0.39 is 22.0 Å². The maximum absolute atomic E-state index is 12.2. The molecule has 122 valence electrons. The minimum absolute atomic E-state index is 0.0448. The Kier molecular flexibility index (Phi) is 6.01. The van der Waals surface area contributed by atoms with E-state index in [0.29, 0.717) is 32.0 Å². The van der Waals surface area contributed by atoms with Crippen molar-refractivity contribution < 1.29 is 17.9 Å². The van der Waals surface area contributed by atoms with Crippen molar-refractivity contribution >= 4 is 15.9 Å². The van der Waals surface area contributed by atoms with Crippen LogP contribution in [0.1, 0.15) is 39.0 Å². The maximum atomic E-state index is 12.2. The maximum Gasteiger partial charge on any atom is 0.253 e. The van der Waals surface area contributed by atoms with Gasteiger partial charge < -0.3 is 4.74 Å². The van der Waals surface area contributed by atoms with Crippen LogP contribution in [0.3, 0.4) is 0 Å². The van der Waals surface area contributed by atoms with Gasteiger partial charge in [-0.1, -0.05) is 32.6 Å². The van der Waals surface area contributed by atoms with Crippen molar-refractivity contribution in [3.05, 3.63) is 0 Å². The molecular formula is C14H26N2O4S. The molecule has 7 heteroatoms. The molecule has 1 N–H and O–H groups in total. The Balaban J connectivity index is 1.84. The molecule has 0 radical (unpaired) electrons. The molecule has 1 aliphatic carbocycles. The van der Waals surface area contributed by atoms with Crippen molar-refractivity contribution in [2.45, 2.75) is 45.1 Å². The molecule has 21 heavy (non-hydrogen) atoms. The highest BCUT2D eigenvalue weighted by molar-refractivity contribution is 7.90. The van der Waals surface area contributed by atoms with Gasteiger partial charge in [0.1, 0.15) is 6.04 Å². The summed E-state index contributed by atoms with van der Waals surface area (Å²) in [6.45, 7) is 4.18. The second-order valence-electron chi connectivity index (χ2n) is 5.94. The number of carbonyl (C=O) groups excluding carboxylic acids is 1. The van der Waals surface area contributed by atoms with Crippen LogP contribution in [0.2, 0.25) is 0 Å². The molecule has 1 saturated heterocycles. The Morgan fingerprint density at radius 2 is 2.05 bits per heavy atom. The molecule has 6 nitrogen and oxygen atoms in total. The first-order valence-corrected chi connectivity index (χ1v) is 9.53. The van der Waals surface area contributed by atoms with E-state index in [2.05, 4.69) is 4.72 Å². The Hall–Kier alpha value is -0.660. The number of morpholine rings is 1. The van der Waals surface area contributed by atoms with E-state index in [-0.39, 0.29) is 12.4 Å². The van der Waals surface area contributed by atoms with Crippen molar-refractivity contribution in [1.29, 1.82) is 0 Å². The second kappa shape index (κ2) is 7.56. The molecular weight excluding hydrogens is 292 g/mol. The number of ether oxygens (including phenoxy) is 1. The molecule has 0 aromatic heterocycles. The van der Waals surface area contributed by atoms with Crippen LogP contribution in [0.15, 0.2) is 0 Å². The number of nitrogens with zero attached hydrogens (tertiary/aromatic N) is 1. The molecule has 0 spiro atoms. The molecule has 1 unspecified atom stereocenters.